The molecule has 8 nitrogen and oxygen atoms in total. The number of amides is 1. The highest BCUT2D eigenvalue weighted by Gasteiger charge is 2.30. The molecule has 1 aliphatic heterocycles. The number of benzene rings is 3. The lowest BCUT2D eigenvalue weighted by Gasteiger charge is -2.37. The zero-order chi connectivity index (χ0) is 31.4. The first-order chi connectivity index (χ1) is 21.7. The number of nitrogens with zero attached hydrogens (tertiary/aromatic N) is 4. The summed E-state index contributed by atoms with van der Waals surface area (Å²) in [5.74, 6) is 0.335. The van der Waals surface area contributed by atoms with Gasteiger partial charge in [-0.3, -0.25) is 14.6 Å². The third kappa shape index (κ3) is 7.34. The third-order valence-corrected chi connectivity index (χ3v) is 7.89. The van der Waals surface area contributed by atoms with Crippen LogP contribution < -0.4 is 10.1 Å². The maximum absolute atomic E-state index is 12.8. The fraction of sp³-hybridized carbons (Fsp3) is 0.235. The predicted octanol–water partition coefficient (Wildman–Crippen LogP) is 6.24. The van der Waals surface area contributed by atoms with E-state index in [0.717, 1.165) is 67.9 Å². The largest absolute Gasteiger partial charge is 0.438 e. The quantitative estimate of drug-likeness (QED) is 0.205. The Morgan fingerprint density at radius 2 is 1.67 bits per heavy atom. The van der Waals surface area contributed by atoms with Crippen LogP contribution in [0.5, 0.6) is 11.6 Å². The van der Waals surface area contributed by atoms with Crippen LogP contribution in [-0.2, 0) is 19.3 Å². The van der Waals surface area contributed by atoms with Crippen molar-refractivity contribution < 1.29 is 27.8 Å². The van der Waals surface area contributed by atoms with Gasteiger partial charge >= 0.3 is 6.18 Å². The van der Waals surface area contributed by atoms with E-state index < -0.39 is 23.9 Å². The minimum absolute atomic E-state index is 0.0925. The number of fused-ring (bicyclic) bond motifs is 1. The molecule has 1 aliphatic rings. The van der Waals surface area contributed by atoms with E-state index >= 15 is 0 Å². The lowest BCUT2D eigenvalue weighted by molar-refractivity contribution is -0.137. The van der Waals surface area contributed by atoms with Gasteiger partial charge in [0.15, 0.2) is 0 Å². The summed E-state index contributed by atoms with van der Waals surface area (Å²) in [6.07, 6.45) is -1.75. The zero-order valence-corrected chi connectivity index (χ0v) is 24.3. The summed E-state index contributed by atoms with van der Waals surface area (Å²) >= 11 is 0. The van der Waals surface area contributed by atoms with E-state index in [4.69, 9.17) is 4.74 Å². The Morgan fingerprint density at radius 1 is 0.911 bits per heavy atom. The van der Waals surface area contributed by atoms with Gasteiger partial charge in [0.25, 0.3) is 5.91 Å². The Hall–Kier alpha value is -4.71. The number of piperazine rings is 1. The second-order valence-corrected chi connectivity index (χ2v) is 11.0. The first-order valence-corrected chi connectivity index (χ1v) is 14.6. The smallest absolute Gasteiger partial charge is 0.416 e. The van der Waals surface area contributed by atoms with Crippen molar-refractivity contribution in [2.45, 2.75) is 25.5 Å². The van der Waals surface area contributed by atoms with Crippen LogP contribution in [0.1, 0.15) is 21.5 Å². The Kier molecular flexibility index (Phi) is 8.83. The number of aliphatic hydroxyl groups is 1. The number of rotatable bonds is 9. The average molecular weight is 616 g/mol. The molecule has 1 atom stereocenters. The lowest BCUT2D eigenvalue weighted by atomic mass is 10.1. The van der Waals surface area contributed by atoms with Gasteiger partial charge in [-0.05, 0) is 54.1 Å². The molecule has 232 valence electrons. The van der Waals surface area contributed by atoms with E-state index in [1.54, 1.807) is 12.1 Å². The van der Waals surface area contributed by atoms with Gasteiger partial charge in [0, 0.05) is 55.9 Å². The van der Waals surface area contributed by atoms with Crippen molar-refractivity contribution in [2.75, 3.05) is 31.5 Å². The molecule has 1 amide bonds. The summed E-state index contributed by atoms with van der Waals surface area (Å²) in [6.45, 7) is 4.67. The molecule has 1 saturated heterocycles. The molecular weight excluding hydrogens is 583 g/mol. The highest BCUT2D eigenvalue weighted by atomic mass is 19.4. The molecule has 3 aromatic carbocycles. The summed E-state index contributed by atoms with van der Waals surface area (Å²) in [5.41, 5.74) is 1.84. The molecule has 11 heteroatoms. The number of hydrogen-bond donors (Lipinski definition) is 2. The number of nitrogens with one attached hydrogen (secondary N) is 1. The molecule has 0 spiro atoms. The molecule has 2 aromatic heterocycles. The molecule has 0 radical (unpaired) electrons. The van der Waals surface area contributed by atoms with Crippen molar-refractivity contribution in [3.05, 3.63) is 120 Å². The highest BCUT2D eigenvalue weighted by molar-refractivity contribution is 6.04. The van der Waals surface area contributed by atoms with E-state index in [2.05, 4.69) is 44.4 Å². The third-order valence-electron chi connectivity index (χ3n) is 7.89. The number of carbonyl (C=O) groups excluding carboxylic acids is 1. The Bertz CT molecular complexity index is 1730. The lowest BCUT2D eigenvalue weighted by Crippen LogP contribution is -2.51. The van der Waals surface area contributed by atoms with Gasteiger partial charge in [0.2, 0.25) is 5.88 Å². The van der Waals surface area contributed by atoms with Crippen molar-refractivity contribution >= 4 is 22.5 Å². The maximum atomic E-state index is 12.8. The number of aromatic nitrogens is 2. The number of halogens is 3. The van der Waals surface area contributed by atoms with Crippen LogP contribution in [0, 0.1) is 0 Å². The van der Waals surface area contributed by atoms with E-state index in [1.807, 2.05) is 41.1 Å². The number of alkyl halides is 3. The standard InChI is InChI=1S/C34H32F3N5O3/c35-34(36,37)26-11-9-25(10-12-26)33(44)39-27-13-14-31(38-21-27)45-30-8-4-7-29-28(30)15-16-42(29)23-32(43)41-19-17-40(18-20-41)22-24-5-2-1-3-6-24/h1-16,21,32,43H,17-20,22-23H2,(H,39,44). The summed E-state index contributed by atoms with van der Waals surface area (Å²) in [5, 5.41) is 14.5. The molecule has 0 aliphatic carbocycles. The number of hydrogen-bond acceptors (Lipinski definition) is 6. The summed E-state index contributed by atoms with van der Waals surface area (Å²) in [6, 6.07) is 25.2. The molecule has 2 N–H and O–H groups in total. The van der Waals surface area contributed by atoms with Gasteiger partial charge in [-0.25, -0.2) is 4.98 Å². The van der Waals surface area contributed by atoms with Crippen LogP contribution >= 0.6 is 0 Å². The Labute approximate surface area is 258 Å². The number of ether oxygens (including phenoxy) is 1. The van der Waals surface area contributed by atoms with E-state index in [9.17, 15) is 23.1 Å². The Balaban J connectivity index is 1.04. The molecule has 1 fully saturated rings. The molecule has 1 unspecified atom stereocenters. The number of pyridine rings is 1. The van der Waals surface area contributed by atoms with Gasteiger partial charge < -0.3 is 19.7 Å². The number of aliphatic hydroxyl groups excluding tert-OH is 1. The van der Waals surface area contributed by atoms with Crippen LogP contribution in [0.15, 0.2) is 103 Å². The molecule has 5 aromatic rings. The first-order valence-electron chi connectivity index (χ1n) is 14.6. The number of carbonyl (C=O) groups is 1. The summed E-state index contributed by atoms with van der Waals surface area (Å²) < 4.78 is 46.5. The molecule has 0 bridgehead atoms. The zero-order valence-electron chi connectivity index (χ0n) is 24.3. The Morgan fingerprint density at radius 3 is 2.36 bits per heavy atom. The summed E-state index contributed by atoms with van der Waals surface area (Å²) in [7, 11) is 0. The minimum atomic E-state index is -4.47. The molecular formula is C34H32F3N5O3. The fourth-order valence-electron chi connectivity index (χ4n) is 5.44. The van der Waals surface area contributed by atoms with Crippen molar-refractivity contribution in [3.63, 3.8) is 0 Å². The van der Waals surface area contributed by atoms with Crippen molar-refractivity contribution in [1.29, 1.82) is 0 Å². The van der Waals surface area contributed by atoms with Crippen LogP contribution in [0.25, 0.3) is 10.9 Å². The molecule has 45 heavy (non-hydrogen) atoms. The second-order valence-electron chi connectivity index (χ2n) is 11.0. The molecule has 0 saturated carbocycles. The van der Waals surface area contributed by atoms with Crippen molar-refractivity contribution in [3.8, 4) is 11.6 Å². The van der Waals surface area contributed by atoms with E-state index in [-0.39, 0.29) is 5.56 Å². The normalized spacial score (nSPS) is 15.2. The monoisotopic (exact) mass is 615 g/mol. The van der Waals surface area contributed by atoms with Crippen LogP contribution in [0.2, 0.25) is 0 Å². The van der Waals surface area contributed by atoms with Gasteiger partial charge in [-0.1, -0.05) is 36.4 Å². The molecule has 3 heterocycles. The first kappa shape index (κ1) is 30.3. The SMILES string of the molecule is O=C(Nc1ccc(Oc2cccc3c2ccn3CC(O)N2CCN(Cc3ccccc3)CC2)nc1)c1ccc(C(F)(F)F)cc1. The highest BCUT2D eigenvalue weighted by Crippen LogP contribution is 2.31. The average Bonchev–Trinajstić information content (AvgIpc) is 3.46. The maximum Gasteiger partial charge on any atom is 0.416 e. The van der Waals surface area contributed by atoms with Gasteiger partial charge in [-0.15, -0.1) is 0 Å². The topological polar surface area (TPSA) is 82.9 Å². The predicted molar refractivity (Wildman–Crippen MR) is 165 cm³/mol. The van der Waals surface area contributed by atoms with E-state index in [0.29, 0.717) is 23.9 Å². The van der Waals surface area contributed by atoms with Gasteiger partial charge in [-0.2, -0.15) is 13.2 Å². The fourth-order valence-corrected chi connectivity index (χ4v) is 5.44. The van der Waals surface area contributed by atoms with Gasteiger partial charge in [0.05, 0.1) is 29.5 Å². The minimum Gasteiger partial charge on any atom is -0.438 e. The van der Waals surface area contributed by atoms with Crippen LogP contribution in [-0.4, -0.2) is 62.8 Å². The van der Waals surface area contributed by atoms with Crippen molar-refractivity contribution in [1.82, 2.24) is 19.4 Å². The summed E-state index contributed by atoms with van der Waals surface area (Å²) in [4.78, 5) is 21.3. The number of anilines is 1. The molecule has 6 rings (SSSR count). The second kappa shape index (κ2) is 13.1. The van der Waals surface area contributed by atoms with E-state index in [1.165, 1.54) is 11.8 Å². The van der Waals surface area contributed by atoms with Crippen LogP contribution in [0.3, 0.4) is 0 Å². The van der Waals surface area contributed by atoms with Crippen molar-refractivity contribution in [2.24, 2.45) is 0 Å². The van der Waals surface area contributed by atoms with Gasteiger partial charge in [0.1, 0.15) is 12.0 Å². The van der Waals surface area contributed by atoms with Crippen LogP contribution in [0.4, 0.5) is 18.9 Å².